The van der Waals surface area contributed by atoms with Crippen molar-refractivity contribution in [3.63, 3.8) is 0 Å². The van der Waals surface area contributed by atoms with Gasteiger partial charge in [-0.05, 0) is 42.7 Å². The highest BCUT2D eigenvalue weighted by Crippen LogP contribution is 2.31. The molecule has 2 atom stereocenters. The quantitative estimate of drug-likeness (QED) is 0.770. The molecule has 0 spiro atoms. The van der Waals surface area contributed by atoms with Gasteiger partial charge in [0.25, 0.3) is 0 Å². The number of piperidine rings is 1. The van der Waals surface area contributed by atoms with Crippen LogP contribution in [0.1, 0.15) is 24.8 Å². The Morgan fingerprint density at radius 2 is 1.86 bits per heavy atom. The zero-order chi connectivity index (χ0) is 19.3. The van der Waals surface area contributed by atoms with Crippen molar-refractivity contribution in [2.24, 2.45) is 11.8 Å². The average Bonchev–Trinajstić information content (AvgIpc) is 3.41. The first-order chi connectivity index (χ1) is 13.7. The monoisotopic (exact) mass is 382 g/mol. The van der Waals surface area contributed by atoms with Crippen LogP contribution >= 0.6 is 0 Å². The van der Waals surface area contributed by atoms with Crippen LogP contribution in [0.5, 0.6) is 0 Å². The topological polar surface area (TPSA) is 84.2 Å². The van der Waals surface area contributed by atoms with Crippen LogP contribution < -0.4 is 0 Å². The van der Waals surface area contributed by atoms with Gasteiger partial charge in [-0.2, -0.15) is 5.10 Å². The molecule has 0 bridgehead atoms. The molecule has 2 aliphatic heterocycles. The second-order valence-electron chi connectivity index (χ2n) is 7.76. The molecule has 2 aromatic heterocycles. The van der Waals surface area contributed by atoms with Crippen LogP contribution in [0.3, 0.4) is 0 Å². The summed E-state index contributed by atoms with van der Waals surface area (Å²) in [6.07, 6.45) is 10.1. The SMILES string of the molecule is O=C(Cc1cccnc1)N1CCC(C2CCCN(C(=O)Cn3cncn3)C2)C1. The van der Waals surface area contributed by atoms with Gasteiger partial charge in [0.15, 0.2) is 0 Å². The molecule has 4 rings (SSSR count). The summed E-state index contributed by atoms with van der Waals surface area (Å²) in [5.74, 6) is 1.20. The van der Waals surface area contributed by atoms with Crippen LogP contribution in [0.2, 0.25) is 0 Å². The average molecular weight is 382 g/mol. The summed E-state index contributed by atoms with van der Waals surface area (Å²) in [6.45, 7) is 3.44. The van der Waals surface area contributed by atoms with Crippen LogP contribution in [0, 0.1) is 11.8 Å². The maximum Gasteiger partial charge on any atom is 0.244 e. The molecule has 2 fully saturated rings. The Morgan fingerprint density at radius 1 is 1.04 bits per heavy atom. The number of carbonyl (C=O) groups is 2. The Hall–Kier alpha value is -2.77. The molecule has 0 aromatic carbocycles. The Kier molecular flexibility index (Phi) is 5.64. The third-order valence-electron chi connectivity index (χ3n) is 5.90. The number of hydrogen-bond donors (Lipinski definition) is 0. The number of likely N-dealkylation sites (tertiary alicyclic amines) is 2. The van der Waals surface area contributed by atoms with Crippen LogP contribution in [-0.2, 0) is 22.6 Å². The van der Waals surface area contributed by atoms with Crippen molar-refractivity contribution in [2.45, 2.75) is 32.2 Å². The highest BCUT2D eigenvalue weighted by atomic mass is 16.2. The Labute approximate surface area is 164 Å². The highest BCUT2D eigenvalue weighted by Gasteiger charge is 2.35. The standard InChI is InChI=1S/C20H26N6O2/c27-19(9-16-3-1-6-21-10-16)25-8-5-18(12-25)17-4-2-7-24(11-17)20(28)13-26-15-22-14-23-26/h1,3,6,10,14-15,17-18H,2,4-5,7-9,11-13H2. The van der Waals surface area contributed by atoms with Gasteiger partial charge in [-0.15, -0.1) is 0 Å². The summed E-state index contributed by atoms with van der Waals surface area (Å²) < 4.78 is 1.57. The summed E-state index contributed by atoms with van der Waals surface area (Å²) in [4.78, 5) is 37.1. The molecule has 2 aromatic rings. The number of carbonyl (C=O) groups excluding carboxylic acids is 2. The molecule has 2 unspecified atom stereocenters. The van der Waals surface area contributed by atoms with E-state index >= 15 is 0 Å². The first kappa shape index (κ1) is 18.6. The molecule has 8 nitrogen and oxygen atoms in total. The van der Waals surface area contributed by atoms with Gasteiger partial charge in [-0.3, -0.25) is 14.6 Å². The highest BCUT2D eigenvalue weighted by molar-refractivity contribution is 5.79. The van der Waals surface area contributed by atoms with Gasteiger partial charge in [-0.25, -0.2) is 9.67 Å². The molecule has 148 valence electrons. The molecule has 8 heteroatoms. The summed E-state index contributed by atoms with van der Waals surface area (Å²) in [7, 11) is 0. The Balaban J connectivity index is 1.29. The molecular weight excluding hydrogens is 356 g/mol. The lowest BCUT2D eigenvalue weighted by Crippen LogP contribution is -2.44. The number of amides is 2. The van der Waals surface area contributed by atoms with E-state index in [1.807, 2.05) is 21.9 Å². The fourth-order valence-corrected chi connectivity index (χ4v) is 4.36. The normalized spacial score (nSPS) is 22.4. The van der Waals surface area contributed by atoms with Crippen molar-refractivity contribution in [3.05, 3.63) is 42.7 Å². The van der Waals surface area contributed by atoms with Crippen molar-refractivity contribution in [1.82, 2.24) is 29.5 Å². The van der Waals surface area contributed by atoms with Crippen LogP contribution in [-0.4, -0.2) is 67.5 Å². The third-order valence-corrected chi connectivity index (χ3v) is 5.90. The Morgan fingerprint density at radius 3 is 2.61 bits per heavy atom. The van der Waals surface area contributed by atoms with Crippen molar-refractivity contribution >= 4 is 11.8 Å². The van der Waals surface area contributed by atoms with E-state index in [0.717, 1.165) is 51.0 Å². The summed E-state index contributed by atoms with van der Waals surface area (Å²) in [5, 5.41) is 4.02. The predicted molar refractivity (Wildman–Crippen MR) is 102 cm³/mol. The zero-order valence-electron chi connectivity index (χ0n) is 16.0. The summed E-state index contributed by atoms with van der Waals surface area (Å²) >= 11 is 0. The maximum absolute atomic E-state index is 12.6. The molecule has 4 heterocycles. The molecule has 28 heavy (non-hydrogen) atoms. The number of rotatable bonds is 5. The fourth-order valence-electron chi connectivity index (χ4n) is 4.36. The zero-order valence-corrected chi connectivity index (χ0v) is 16.0. The first-order valence-electron chi connectivity index (χ1n) is 9.96. The summed E-state index contributed by atoms with van der Waals surface area (Å²) in [6, 6.07) is 3.81. The van der Waals surface area contributed by atoms with E-state index in [-0.39, 0.29) is 18.4 Å². The van der Waals surface area contributed by atoms with E-state index in [9.17, 15) is 9.59 Å². The smallest absolute Gasteiger partial charge is 0.244 e. The first-order valence-corrected chi connectivity index (χ1v) is 9.96. The fraction of sp³-hybridized carbons (Fsp3) is 0.550. The van der Waals surface area contributed by atoms with Gasteiger partial charge >= 0.3 is 0 Å². The maximum atomic E-state index is 12.6. The van der Waals surface area contributed by atoms with Gasteiger partial charge < -0.3 is 9.80 Å². The van der Waals surface area contributed by atoms with Crippen LogP contribution in [0.4, 0.5) is 0 Å². The third kappa shape index (κ3) is 4.37. The second kappa shape index (κ2) is 8.50. The molecule has 2 aliphatic rings. The number of nitrogens with zero attached hydrogens (tertiary/aromatic N) is 6. The summed E-state index contributed by atoms with van der Waals surface area (Å²) in [5.41, 5.74) is 0.957. The number of pyridine rings is 1. The van der Waals surface area contributed by atoms with E-state index in [1.165, 1.54) is 6.33 Å². The van der Waals surface area contributed by atoms with E-state index in [4.69, 9.17) is 0 Å². The van der Waals surface area contributed by atoms with Crippen LogP contribution in [0.15, 0.2) is 37.2 Å². The molecular formula is C20H26N6O2. The minimum Gasteiger partial charge on any atom is -0.342 e. The number of aromatic nitrogens is 4. The lowest BCUT2D eigenvalue weighted by Gasteiger charge is -2.35. The van der Waals surface area contributed by atoms with E-state index < -0.39 is 0 Å². The van der Waals surface area contributed by atoms with Crippen molar-refractivity contribution in [1.29, 1.82) is 0 Å². The van der Waals surface area contributed by atoms with E-state index in [2.05, 4.69) is 15.1 Å². The molecule has 2 amide bonds. The number of hydrogen-bond acceptors (Lipinski definition) is 5. The van der Waals surface area contributed by atoms with E-state index in [0.29, 0.717) is 18.3 Å². The lowest BCUT2D eigenvalue weighted by molar-refractivity contribution is -0.134. The largest absolute Gasteiger partial charge is 0.342 e. The van der Waals surface area contributed by atoms with Crippen LogP contribution in [0.25, 0.3) is 0 Å². The van der Waals surface area contributed by atoms with Gasteiger partial charge in [0, 0.05) is 38.6 Å². The van der Waals surface area contributed by atoms with Crippen molar-refractivity contribution in [3.8, 4) is 0 Å². The molecule has 2 saturated heterocycles. The van der Waals surface area contributed by atoms with E-state index in [1.54, 1.807) is 23.4 Å². The minimum atomic E-state index is 0.0951. The van der Waals surface area contributed by atoms with Crippen molar-refractivity contribution in [2.75, 3.05) is 26.2 Å². The molecule has 0 aliphatic carbocycles. The minimum absolute atomic E-state index is 0.0951. The Bertz CT molecular complexity index is 794. The molecule has 0 N–H and O–H groups in total. The lowest BCUT2D eigenvalue weighted by atomic mass is 9.85. The van der Waals surface area contributed by atoms with Crippen molar-refractivity contribution < 1.29 is 9.59 Å². The van der Waals surface area contributed by atoms with Gasteiger partial charge in [0.05, 0.1) is 6.42 Å². The van der Waals surface area contributed by atoms with Gasteiger partial charge in [-0.1, -0.05) is 6.07 Å². The molecule has 0 radical (unpaired) electrons. The predicted octanol–water partition coefficient (Wildman–Crippen LogP) is 1.00. The van der Waals surface area contributed by atoms with Gasteiger partial charge in [0.1, 0.15) is 19.2 Å². The second-order valence-corrected chi connectivity index (χ2v) is 7.76. The van der Waals surface area contributed by atoms with Gasteiger partial charge in [0.2, 0.25) is 11.8 Å². The molecule has 0 saturated carbocycles.